The van der Waals surface area contributed by atoms with E-state index in [-0.39, 0.29) is 28.6 Å². The highest BCUT2D eigenvalue weighted by molar-refractivity contribution is 7.09. The highest BCUT2D eigenvalue weighted by Gasteiger charge is 2.35. The summed E-state index contributed by atoms with van der Waals surface area (Å²) < 4.78 is 44.3. The predicted octanol–water partition coefficient (Wildman–Crippen LogP) is 6.60. The number of thiazole rings is 1. The Morgan fingerprint density at radius 3 is 2.42 bits per heavy atom. The zero-order valence-electron chi connectivity index (χ0n) is 17.4. The number of carbonyl (C=O) groups excluding carboxylic acids is 1. The lowest BCUT2D eigenvalue weighted by Crippen LogP contribution is -2.25. The number of benzene rings is 2. The van der Waals surface area contributed by atoms with Crippen LogP contribution in [0.25, 0.3) is 0 Å². The Hall–Kier alpha value is -3.04. The summed E-state index contributed by atoms with van der Waals surface area (Å²) in [4.78, 5) is 21.8. The molecule has 0 saturated heterocycles. The zero-order chi connectivity index (χ0) is 24.0. The fraction of sp³-hybridized carbons (Fsp3) is 0.217. The van der Waals surface area contributed by atoms with E-state index in [0.717, 1.165) is 10.6 Å². The number of rotatable bonds is 8. The topological polar surface area (TPSA) is 75.4 Å². The molecular weight excluding hydrogens is 475 g/mol. The normalized spacial score (nSPS) is 12.0. The molecule has 1 aromatic heterocycles. The van der Waals surface area contributed by atoms with Gasteiger partial charge in [0.2, 0.25) is 0 Å². The fourth-order valence-corrected chi connectivity index (χ4v) is 3.79. The van der Waals surface area contributed by atoms with Crippen LogP contribution in [0.3, 0.4) is 0 Å². The number of halogens is 4. The maximum atomic E-state index is 13.0. The van der Waals surface area contributed by atoms with Gasteiger partial charge in [-0.05, 0) is 36.8 Å². The van der Waals surface area contributed by atoms with Gasteiger partial charge in [0.05, 0.1) is 39.8 Å². The third-order valence-electron chi connectivity index (χ3n) is 4.66. The number of aromatic nitrogens is 1. The van der Waals surface area contributed by atoms with Crippen molar-refractivity contribution in [1.29, 1.82) is 5.41 Å². The first-order valence-electron chi connectivity index (χ1n) is 9.78. The van der Waals surface area contributed by atoms with Gasteiger partial charge in [0, 0.05) is 17.7 Å². The van der Waals surface area contributed by atoms with Crippen LogP contribution in [0.2, 0.25) is 5.02 Å². The van der Waals surface area contributed by atoms with Gasteiger partial charge < -0.3 is 10.1 Å². The minimum Gasteiger partial charge on any atom is -0.462 e. The third-order valence-corrected chi connectivity index (χ3v) is 5.97. The molecule has 0 unspecified atom stereocenters. The van der Waals surface area contributed by atoms with Crippen LogP contribution < -0.4 is 0 Å². The fourth-order valence-electron chi connectivity index (χ4n) is 2.85. The number of hydrogen-bond donors (Lipinski definition) is 1. The van der Waals surface area contributed by atoms with Crippen LogP contribution in [0.15, 0.2) is 59.0 Å². The van der Waals surface area contributed by atoms with E-state index < -0.39 is 24.3 Å². The summed E-state index contributed by atoms with van der Waals surface area (Å²) in [6, 6.07) is 12.3. The number of hydrogen-bond acceptors (Lipinski definition) is 6. The number of aryl methyl sites for hydroxylation is 1. The van der Waals surface area contributed by atoms with Crippen LogP contribution in [0.4, 0.5) is 18.9 Å². The van der Waals surface area contributed by atoms with Crippen molar-refractivity contribution in [1.82, 2.24) is 4.98 Å². The Morgan fingerprint density at radius 1 is 1.15 bits per heavy atom. The molecule has 0 saturated carbocycles. The second-order valence-electron chi connectivity index (χ2n) is 6.99. The maximum Gasteiger partial charge on any atom is 0.429 e. The number of aliphatic imine (C=N–C) groups is 1. The van der Waals surface area contributed by atoms with E-state index in [1.165, 1.54) is 35.6 Å². The molecule has 0 atom stereocenters. The van der Waals surface area contributed by atoms with Crippen molar-refractivity contribution in [2.24, 2.45) is 4.99 Å². The third kappa shape index (κ3) is 6.72. The molecule has 0 aliphatic heterocycles. The molecule has 0 radical (unpaired) electrons. The van der Waals surface area contributed by atoms with Crippen molar-refractivity contribution < 1.29 is 22.7 Å². The lowest BCUT2D eigenvalue weighted by Gasteiger charge is -2.12. The lowest BCUT2D eigenvalue weighted by atomic mass is 10.0. The summed E-state index contributed by atoms with van der Waals surface area (Å²) in [5.41, 5.74) is 2.07. The highest BCUT2D eigenvalue weighted by atomic mass is 35.5. The number of alkyl halides is 3. The Bertz CT molecular complexity index is 1170. The molecule has 3 aromatic rings. The smallest absolute Gasteiger partial charge is 0.429 e. The first kappa shape index (κ1) is 24.6. The van der Waals surface area contributed by atoms with Gasteiger partial charge in [-0.2, -0.15) is 13.2 Å². The molecule has 0 bridgehead atoms. The second kappa shape index (κ2) is 10.7. The van der Waals surface area contributed by atoms with E-state index in [1.807, 2.05) is 6.92 Å². The summed E-state index contributed by atoms with van der Waals surface area (Å²) >= 11 is 7.58. The van der Waals surface area contributed by atoms with Crippen LogP contribution in [0.1, 0.15) is 32.9 Å². The monoisotopic (exact) mass is 493 g/mol. The van der Waals surface area contributed by atoms with E-state index in [1.54, 1.807) is 29.8 Å². The number of esters is 1. The SMILES string of the molecule is Cc1ncsc1CCOC(=O)c1ccc(C(CC(=N)C(F)(F)F)=Nc2ccccc2Cl)cc1. The number of nitrogens with one attached hydrogen (secondary N) is 1. The Labute approximate surface area is 197 Å². The maximum absolute atomic E-state index is 13.0. The first-order chi connectivity index (χ1) is 15.6. The average Bonchev–Trinajstić information content (AvgIpc) is 3.18. The summed E-state index contributed by atoms with van der Waals surface area (Å²) in [7, 11) is 0. The van der Waals surface area contributed by atoms with Crippen molar-refractivity contribution in [3.63, 3.8) is 0 Å². The quantitative estimate of drug-likeness (QED) is 0.284. The van der Waals surface area contributed by atoms with Gasteiger partial charge >= 0.3 is 12.1 Å². The van der Waals surface area contributed by atoms with Crippen molar-refractivity contribution in [3.05, 3.63) is 80.8 Å². The van der Waals surface area contributed by atoms with Crippen molar-refractivity contribution in [2.75, 3.05) is 6.61 Å². The number of carbonyl (C=O) groups is 1. The molecule has 10 heteroatoms. The summed E-state index contributed by atoms with van der Waals surface area (Å²) in [6.45, 7) is 2.07. The number of nitrogens with zero attached hydrogens (tertiary/aromatic N) is 2. The van der Waals surface area contributed by atoms with Crippen LogP contribution in [-0.4, -0.2) is 35.2 Å². The molecule has 0 amide bonds. The molecule has 0 aliphatic carbocycles. The Morgan fingerprint density at radius 2 is 1.82 bits per heavy atom. The highest BCUT2D eigenvalue weighted by Crippen LogP contribution is 2.27. The van der Waals surface area contributed by atoms with Gasteiger partial charge in [0.1, 0.15) is 5.71 Å². The lowest BCUT2D eigenvalue weighted by molar-refractivity contribution is -0.0605. The molecular formula is C23H19ClF3N3O2S. The zero-order valence-corrected chi connectivity index (χ0v) is 19.0. The summed E-state index contributed by atoms with van der Waals surface area (Å²) in [5.74, 6) is -0.545. The molecule has 3 rings (SSSR count). The molecule has 33 heavy (non-hydrogen) atoms. The van der Waals surface area contributed by atoms with E-state index in [0.29, 0.717) is 12.0 Å². The standard InChI is InChI=1S/C23H19ClF3N3O2S/c1-14-20(33-13-29-14)10-11-32-22(31)16-8-6-15(7-9-16)19(12-21(28)23(25,26)27)30-18-5-3-2-4-17(18)24/h2-9,13,28H,10-12H2,1H3. The molecule has 0 fully saturated rings. The van der Waals surface area contributed by atoms with E-state index in [2.05, 4.69) is 9.98 Å². The molecule has 172 valence electrons. The largest absolute Gasteiger partial charge is 0.462 e. The van der Waals surface area contributed by atoms with Gasteiger partial charge in [-0.25, -0.2) is 9.78 Å². The van der Waals surface area contributed by atoms with E-state index >= 15 is 0 Å². The number of para-hydroxylation sites is 1. The molecule has 1 N–H and O–H groups in total. The molecule has 0 aliphatic rings. The van der Waals surface area contributed by atoms with Crippen molar-refractivity contribution in [3.8, 4) is 0 Å². The predicted molar refractivity (Wildman–Crippen MR) is 123 cm³/mol. The molecule has 5 nitrogen and oxygen atoms in total. The van der Waals surface area contributed by atoms with Gasteiger partial charge in [-0.3, -0.25) is 4.99 Å². The molecule has 0 spiro atoms. The minimum atomic E-state index is -4.78. The van der Waals surface area contributed by atoms with Gasteiger partial charge in [-0.15, -0.1) is 11.3 Å². The van der Waals surface area contributed by atoms with Gasteiger partial charge in [0.15, 0.2) is 0 Å². The van der Waals surface area contributed by atoms with E-state index in [9.17, 15) is 18.0 Å². The Kier molecular flexibility index (Phi) is 7.99. The van der Waals surface area contributed by atoms with Crippen LogP contribution in [-0.2, 0) is 11.2 Å². The summed E-state index contributed by atoms with van der Waals surface area (Å²) in [6.07, 6.45) is -4.97. The van der Waals surface area contributed by atoms with Crippen LogP contribution in [0.5, 0.6) is 0 Å². The summed E-state index contributed by atoms with van der Waals surface area (Å²) in [5, 5.41) is 7.65. The average molecular weight is 494 g/mol. The molecule has 2 aromatic carbocycles. The Balaban J connectivity index is 1.77. The van der Waals surface area contributed by atoms with E-state index in [4.69, 9.17) is 21.7 Å². The van der Waals surface area contributed by atoms with Crippen LogP contribution in [0, 0.1) is 12.3 Å². The van der Waals surface area contributed by atoms with Gasteiger partial charge in [0.25, 0.3) is 0 Å². The van der Waals surface area contributed by atoms with Crippen LogP contribution >= 0.6 is 22.9 Å². The van der Waals surface area contributed by atoms with Crippen molar-refractivity contribution >= 4 is 46.0 Å². The molecule has 1 heterocycles. The van der Waals surface area contributed by atoms with Crippen molar-refractivity contribution in [2.45, 2.75) is 25.9 Å². The minimum absolute atomic E-state index is 0.00557. The first-order valence-corrected chi connectivity index (χ1v) is 11.0. The number of ether oxygens (including phenoxy) is 1. The second-order valence-corrected chi connectivity index (χ2v) is 8.33. The van der Waals surface area contributed by atoms with Gasteiger partial charge in [-0.1, -0.05) is 35.9 Å².